The molecule has 0 radical (unpaired) electrons. The summed E-state index contributed by atoms with van der Waals surface area (Å²) in [7, 11) is 0. The second-order valence-corrected chi connectivity index (χ2v) is 4.45. The highest BCUT2D eigenvalue weighted by Crippen LogP contribution is 2.20. The molecular formula is C13H14FNO2. The van der Waals surface area contributed by atoms with Gasteiger partial charge in [0.25, 0.3) is 0 Å². The predicted octanol–water partition coefficient (Wildman–Crippen LogP) is 1.73. The van der Waals surface area contributed by atoms with Gasteiger partial charge >= 0.3 is 0 Å². The van der Waals surface area contributed by atoms with E-state index in [0.717, 1.165) is 5.56 Å². The summed E-state index contributed by atoms with van der Waals surface area (Å²) in [5.41, 5.74) is 1.39. The van der Waals surface area contributed by atoms with Crippen molar-refractivity contribution in [2.45, 2.75) is 26.2 Å². The van der Waals surface area contributed by atoms with Crippen LogP contribution in [0.3, 0.4) is 0 Å². The lowest BCUT2D eigenvalue weighted by Gasteiger charge is -2.20. The van der Waals surface area contributed by atoms with E-state index in [2.05, 4.69) is 5.32 Å². The number of benzene rings is 1. The number of carbonyl (C=O) groups excluding carboxylic acids is 2. The van der Waals surface area contributed by atoms with E-state index in [9.17, 15) is 14.0 Å². The fourth-order valence-corrected chi connectivity index (χ4v) is 2.02. The van der Waals surface area contributed by atoms with Crippen LogP contribution < -0.4 is 5.32 Å². The first kappa shape index (κ1) is 11.8. The topological polar surface area (TPSA) is 46.2 Å². The van der Waals surface area contributed by atoms with E-state index in [0.29, 0.717) is 24.8 Å². The summed E-state index contributed by atoms with van der Waals surface area (Å²) >= 11 is 0. The van der Waals surface area contributed by atoms with E-state index in [4.69, 9.17) is 0 Å². The zero-order chi connectivity index (χ0) is 12.4. The average molecular weight is 235 g/mol. The lowest BCUT2D eigenvalue weighted by Crippen LogP contribution is -2.41. The van der Waals surface area contributed by atoms with Gasteiger partial charge in [-0.3, -0.25) is 14.9 Å². The molecule has 0 bridgehead atoms. The number of imide groups is 1. The Labute approximate surface area is 99.0 Å². The maximum absolute atomic E-state index is 13.6. The summed E-state index contributed by atoms with van der Waals surface area (Å²) in [4.78, 5) is 22.5. The largest absolute Gasteiger partial charge is 0.296 e. The second kappa shape index (κ2) is 4.65. The molecule has 1 N–H and O–H groups in total. The Morgan fingerprint density at radius 3 is 2.82 bits per heavy atom. The van der Waals surface area contributed by atoms with Gasteiger partial charge in [0.15, 0.2) is 0 Å². The summed E-state index contributed by atoms with van der Waals surface area (Å²) in [6, 6.07) is 4.99. The van der Waals surface area contributed by atoms with Crippen molar-refractivity contribution < 1.29 is 14.0 Å². The molecule has 4 heteroatoms. The summed E-state index contributed by atoms with van der Waals surface area (Å²) in [5, 5.41) is 2.28. The summed E-state index contributed by atoms with van der Waals surface area (Å²) in [6.07, 6.45) is 1.19. The van der Waals surface area contributed by atoms with Crippen LogP contribution >= 0.6 is 0 Å². The fourth-order valence-electron chi connectivity index (χ4n) is 2.02. The van der Waals surface area contributed by atoms with E-state index in [1.165, 1.54) is 6.07 Å². The molecule has 2 rings (SSSR count). The molecule has 1 aliphatic heterocycles. The van der Waals surface area contributed by atoms with Gasteiger partial charge in [0.05, 0.1) is 0 Å². The van der Waals surface area contributed by atoms with Crippen molar-refractivity contribution in [1.82, 2.24) is 5.32 Å². The van der Waals surface area contributed by atoms with Crippen LogP contribution in [0.1, 0.15) is 24.0 Å². The monoisotopic (exact) mass is 235 g/mol. The predicted molar refractivity (Wildman–Crippen MR) is 60.7 cm³/mol. The molecule has 1 saturated heterocycles. The molecule has 0 aliphatic carbocycles. The molecule has 1 atom stereocenters. The van der Waals surface area contributed by atoms with Crippen molar-refractivity contribution in [2.75, 3.05) is 0 Å². The minimum atomic E-state index is -0.301. The smallest absolute Gasteiger partial charge is 0.230 e. The summed E-state index contributed by atoms with van der Waals surface area (Å²) in [5.74, 6) is -1.11. The van der Waals surface area contributed by atoms with E-state index in [1.54, 1.807) is 6.07 Å². The van der Waals surface area contributed by atoms with Crippen molar-refractivity contribution in [2.24, 2.45) is 5.92 Å². The molecular weight excluding hydrogens is 221 g/mol. The molecule has 1 fully saturated rings. The van der Waals surface area contributed by atoms with Gasteiger partial charge in [-0.15, -0.1) is 0 Å². The Kier molecular flexibility index (Phi) is 3.22. The van der Waals surface area contributed by atoms with Gasteiger partial charge in [-0.25, -0.2) is 4.39 Å². The number of carbonyl (C=O) groups is 2. The number of hydrogen-bond acceptors (Lipinski definition) is 2. The van der Waals surface area contributed by atoms with Gasteiger partial charge in [-0.05, 0) is 37.0 Å². The lowest BCUT2D eigenvalue weighted by atomic mass is 9.91. The molecule has 0 spiro atoms. The average Bonchev–Trinajstić information content (AvgIpc) is 2.25. The normalized spacial score (nSPS) is 20.2. The fraction of sp³-hybridized carbons (Fsp3) is 0.385. The van der Waals surface area contributed by atoms with E-state index >= 15 is 0 Å². The zero-order valence-electron chi connectivity index (χ0n) is 9.63. The van der Waals surface area contributed by atoms with Crippen LogP contribution in [-0.2, 0) is 16.0 Å². The molecule has 90 valence electrons. The van der Waals surface area contributed by atoms with Crippen LogP contribution in [0.2, 0.25) is 0 Å². The van der Waals surface area contributed by atoms with Crippen LogP contribution in [0, 0.1) is 18.7 Å². The first-order chi connectivity index (χ1) is 8.06. The van der Waals surface area contributed by atoms with Crippen LogP contribution in [0.5, 0.6) is 0 Å². The van der Waals surface area contributed by atoms with Gasteiger partial charge in [-0.1, -0.05) is 12.1 Å². The number of hydrogen-bond donors (Lipinski definition) is 1. The Morgan fingerprint density at radius 1 is 1.41 bits per heavy atom. The number of amides is 2. The molecule has 1 aromatic carbocycles. The van der Waals surface area contributed by atoms with Crippen LogP contribution in [0.25, 0.3) is 0 Å². The molecule has 3 nitrogen and oxygen atoms in total. The van der Waals surface area contributed by atoms with Crippen LogP contribution in [-0.4, -0.2) is 11.8 Å². The molecule has 1 heterocycles. The highest BCUT2D eigenvalue weighted by atomic mass is 19.1. The third-order valence-corrected chi connectivity index (χ3v) is 3.03. The number of aryl methyl sites for hydroxylation is 1. The molecule has 0 saturated carbocycles. The van der Waals surface area contributed by atoms with Crippen molar-refractivity contribution in [3.8, 4) is 0 Å². The van der Waals surface area contributed by atoms with Gasteiger partial charge in [0.1, 0.15) is 5.82 Å². The van der Waals surface area contributed by atoms with Gasteiger partial charge in [0.2, 0.25) is 11.8 Å². The summed E-state index contributed by atoms with van der Waals surface area (Å²) < 4.78 is 13.6. The third kappa shape index (κ3) is 2.70. The minimum absolute atomic E-state index is 0.240. The molecule has 0 aromatic heterocycles. The lowest BCUT2D eigenvalue weighted by molar-refractivity contribution is -0.136. The standard InChI is InChI=1S/C13H14FNO2/c1-8-2-3-9(11(14)6-8)7-10-4-5-12(16)15-13(10)17/h2-3,6,10H,4-5,7H2,1H3,(H,15,16,17). The highest BCUT2D eigenvalue weighted by molar-refractivity contribution is 5.98. The number of rotatable bonds is 2. The molecule has 17 heavy (non-hydrogen) atoms. The van der Waals surface area contributed by atoms with Gasteiger partial charge in [-0.2, -0.15) is 0 Å². The highest BCUT2D eigenvalue weighted by Gasteiger charge is 2.27. The molecule has 1 unspecified atom stereocenters. The first-order valence-electron chi connectivity index (χ1n) is 5.65. The number of piperidine rings is 1. The number of halogens is 1. The Hall–Kier alpha value is -1.71. The Balaban J connectivity index is 2.10. The Bertz CT molecular complexity index is 470. The second-order valence-electron chi connectivity index (χ2n) is 4.45. The SMILES string of the molecule is Cc1ccc(CC2CCC(=O)NC2=O)c(F)c1. The Morgan fingerprint density at radius 2 is 2.18 bits per heavy atom. The van der Waals surface area contributed by atoms with E-state index in [1.807, 2.05) is 13.0 Å². The number of nitrogens with one attached hydrogen (secondary N) is 1. The van der Waals surface area contributed by atoms with Crippen molar-refractivity contribution >= 4 is 11.8 Å². The maximum atomic E-state index is 13.6. The molecule has 1 aliphatic rings. The first-order valence-corrected chi connectivity index (χ1v) is 5.65. The van der Waals surface area contributed by atoms with Crippen LogP contribution in [0.4, 0.5) is 4.39 Å². The van der Waals surface area contributed by atoms with Crippen molar-refractivity contribution in [1.29, 1.82) is 0 Å². The third-order valence-electron chi connectivity index (χ3n) is 3.03. The van der Waals surface area contributed by atoms with E-state index < -0.39 is 0 Å². The molecule has 2 amide bonds. The maximum Gasteiger partial charge on any atom is 0.230 e. The van der Waals surface area contributed by atoms with Crippen molar-refractivity contribution in [3.05, 3.63) is 35.1 Å². The quantitative estimate of drug-likeness (QED) is 0.793. The molecule has 1 aromatic rings. The van der Waals surface area contributed by atoms with Gasteiger partial charge < -0.3 is 0 Å². The van der Waals surface area contributed by atoms with Crippen molar-refractivity contribution in [3.63, 3.8) is 0 Å². The van der Waals surface area contributed by atoms with E-state index in [-0.39, 0.29) is 23.5 Å². The minimum Gasteiger partial charge on any atom is -0.296 e. The van der Waals surface area contributed by atoms with Crippen LogP contribution in [0.15, 0.2) is 18.2 Å². The zero-order valence-corrected chi connectivity index (χ0v) is 9.63. The van der Waals surface area contributed by atoms with Gasteiger partial charge in [0, 0.05) is 12.3 Å². The summed E-state index contributed by atoms with van der Waals surface area (Å²) in [6.45, 7) is 1.82.